The van der Waals surface area contributed by atoms with Gasteiger partial charge >= 0.3 is 0 Å². The van der Waals surface area contributed by atoms with Gasteiger partial charge in [0.25, 0.3) is 0 Å². The Kier molecular flexibility index (Phi) is 5.83. The number of nitrogens with one attached hydrogen (secondary N) is 1. The lowest BCUT2D eigenvalue weighted by Gasteiger charge is -2.18. The van der Waals surface area contributed by atoms with Gasteiger partial charge < -0.3 is 5.32 Å². The fourth-order valence-electron chi connectivity index (χ4n) is 2.09. The first-order valence-electron chi connectivity index (χ1n) is 6.93. The second kappa shape index (κ2) is 7.63. The van der Waals surface area contributed by atoms with E-state index < -0.39 is 0 Å². The minimum atomic E-state index is -0.0745. The number of benzene rings is 2. The predicted molar refractivity (Wildman–Crippen MR) is 92.6 cm³/mol. The Bertz CT molecular complexity index is 636. The van der Waals surface area contributed by atoms with Crippen molar-refractivity contribution in [1.82, 2.24) is 4.90 Å². The molecule has 0 unspecified atom stereocenters. The number of anilines is 1. The maximum absolute atomic E-state index is 12.0. The number of hydrogen-bond acceptors (Lipinski definition) is 2. The van der Waals surface area contributed by atoms with Crippen molar-refractivity contribution in [2.24, 2.45) is 0 Å². The largest absolute Gasteiger partial charge is 0.325 e. The third-order valence-electron chi connectivity index (χ3n) is 3.24. The predicted octanol–water partition coefficient (Wildman–Crippen LogP) is 4.37. The minimum absolute atomic E-state index is 0.0745. The van der Waals surface area contributed by atoms with Crippen LogP contribution in [0.4, 0.5) is 5.69 Å². The monoisotopic (exact) mass is 336 g/mol. The van der Waals surface area contributed by atoms with Gasteiger partial charge in [-0.25, -0.2) is 0 Å². The zero-order valence-corrected chi connectivity index (χ0v) is 14.1. The van der Waals surface area contributed by atoms with Crippen LogP contribution >= 0.6 is 23.2 Å². The molecule has 1 N–H and O–H groups in total. The number of likely N-dealkylation sites (N-methyl/N-ethyl adjacent to an activating group) is 1. The van der Waals surface area contributed by atoms with Gasteiger partial charge in [0.1, 0.15) is 0 Å². The fourth-order valence-corrected chi connectivity index (χ4v) is 2.61. The molecule has 0 atom stereocenters. The van der Waals surface area contributed by atoms with E-state index in [-0.39, 0.29) is 12.5 Å². The van der Waals surface area contributed by atoms with Gasteiger partial charge in [-0.1, -0.05) is 47.0 Å². The van der Waals surface area contributed by atoms with Crippen LogP contribution in [0.25, 0.3) is 0 Å². The Hall–Kier alpha value is -1.55. The van der Waals surface area contributed by atoms with Gasteiger partial charge in [0.15, 0.2) is 0 Å². The number of aryl methyl sites for hydroxylation is 1. The second-order valence-electron chi connectivity index (χ2n) is 5.29. The maximum atomic E-state index is 12.0. The SMILES string of the molecule is Cc1ccc(NC(=O)CN(C)Cc2c(Cl)cccc2Cl)cc1. The molecular formula is C17H18Cl2N2O. The summed E-state index contributed by atoms with van der Waals surface area (Å²) >= 11 is 12.3. The molecule has 0 heterocycles. The highest BCUT2D eigenvalue weighted by Gasteiger charge is 2.11. The Morgan fingerprint density at radius 1 is 1.09 bits per heavy atom. The lowest BCUT2D eigenvalue weighted by Crippen LogP contribution is -2.30. The first kappa shape index (κ1) is 16.8. The Morgan fingerprint density at radius 2 is 1.68 bits per heavy atom. The Labute approximate surface area is 140 Å². The summed E-state index contributed by atoms with van der Waals surface area (Å²) in [4.78, 5) is 13.9. The quantitative estimate of drug-likeness (QED) is 0.879. The molecular weight excluding hydrogens is 319 g/mol. The van der Waals surface area contributed by atoms with Gasteiger partial charge in [-0.05, 0) is 38.2 Å². The number of hydrogen-bond donors (Lipinski definition) is 1. The van der Waals surface area contributed by atoms with Crippen LogP contribution in [-0.4, -0.2) is 24.4 Å². The number of carbonyl (C=O) groups excluding carboxylic acids is 1. The van der Waals surface area contributed by atoms with Crippen molar-refractivity contribution in [3.05, 3.63) is 63.6 Å². The van der Waals surface area contributed by atoms with Crippen LogP contribution in [0, 0.1) is 6.92 Å². The van der Waals surface area contributed by atoms with Crippen molar-refractivity contribution in [1.29, 1.82) is 0 Å². The molecule has 0 fully saturated rings. The standard InChI is InChI=1S/C17H18Cl2N2O/c1-12-6-8-13(9-7-12)20-17(22)11-21(2)10-14-15(18)4-3-5-16(14)19/h3-9H,10-11H2,1-2H3,(H,20,22). The van der Waals surface area contributed by atoms with E-state index in [0.717, 1.165) is 16.8 Å². The van der Waals surface area contributed by atoms with Crippen molar-refractivity contribution in [3.8, 4) is 0 Å². The first-order chi connectivity index (χ1) is 10.5. The fraction of sp³-hybridized carbons (Fsp3) is 0.235. The number of halogens is 2. The molecule has 0 saturated carbocycles. The minimum Gasteiger partial charge on any atom is -0.325 e. The molecule has 0 bridgehead atoms. The van der Waals surface area contributed by atoms with E-state index in [0.29, 0.717) is 16.6 Å². The third-order valence-corrected chi connectivity index (χ3v) is 3.95. The highest BCUT2D eigenvalue weighted by molar-refractivity contribution is 6.35. The summed E-state index contributed by atoms with van der Waals surface area (Å²) in [6.45, 7) is 2.78. The molecule has 5 heteroatoms. The molecule has 0 aliphatic carbocycles. The maximum Gasteiger partial charge on any atom is 0.238 e. The summed E-state index contributed by atoms with van der Waals surface area (Å²) in [5, 5.41) is 4.09. The van der Waals surface area contributed by atoms with Crippen LogP contribution in [0.3, 0.4) is 0 Å². The molecule has 0 saturated heterocycles. The van der Waals surface area contributed by atoms with Gasteiger partial charge in [0.2, 0.25) is 5.91 Å². The van der Waals surface area contributed by atoms with Crippen LogP contribution in [0.15, 0.2) is 42.5 Å². The third kappa shape index (κ3) is 4.73. The lowest BCUT2D eigenvalue weighted by molar-refractivity contribution is -0.117. The molecule has 1 amide bonds. The highest BCUT2D eigenvalue weighted by atomic mass is 35.5. The summed E-state index contributed by atoms with van der Waals surface area (Å²) in [6.07, 6.45) is 0. The average molecular weight is 337 g/mol. The van der Waals surface area contributed by atoms with Gasteiger partial charge in [0.05, 0.1) is 6.54 Å². The van der Waals surface area contributed by atoms with Crippen LogP contribution < -0.4 is 5.32 Å². The highest BCUT2D eigenvalue weighted by Crippen LogP contribution is 2.25. The molecule has 22 heavy (non-hydrogen) atoms. The first-order valence-corrected chi connectivity index (χ1v) is 7.69. The summed E-state index contributed by atoms with van der Waals surface area (Å²) in [6, 6.07) is 13.1. The van der Waals surface area contributed by atoms with Gasteiger partial charge in [-0.3, -0.25) is 9.69 Å². The molecule has 0 aromatic heterocycles. The number of nitrogens with zero attached hydrogens (tertiary/aromatic N) is 1. The lowest BCUT2D eigenvalue weighted by atomic mass is 10.2. The summed E-state index contributed by atoms with van der Waals surface area (Å²) in [7, 11) is 1.86. The van der Waals surface area contributed by atoms with Crippen LogP contribution in [0.2, 0.25) is 10.0 Å². The summed E-state index contributed by atoms with van der Waals surface area (Å²) < 4.78 is 0. The van der Waals surface area contributed by atoms with Crippen LogP contribution in [0.5, 0.6) is 0 Å². The smallest absolute Gasteiger partial charge is 0.238 e. The van der Waals surface area contributed by atoms with Gasteiger partial charge in [-0.2, -0.15) is 0 Å². The van der Waals surface area contributed by atoms with Crippen molar-refractivity contribution in [2.45, 2.75) is 13.5 Å². The summed E-state index contributed by atoms with van der Waals surface area (Å²) in [5.41, 5.74) is 2.78. The molecule has 0 aliphatic rings. The Balaban J connectivity index is 1.92. The van der Waals surface area contributed by atoms with E-state index in [9.17, 15) is 4.79 Å². The van der Waals surface area contributed by atoms with Crippen molar-refractivity contribution in [2.75, 3.05) is 18.9 Å². The number of rotatable bonds is 5. The molecule has 116 valence electrons. The van der Waals surface area contributed by atoms with Gasteiger partial charge in [-0.15, -0.1) is 0 Å². The van der Waals surface area contributed by atoms with E-state index in [1.165, 1.54) is 0 Å². The number of carbonyl (C=O) groups is 1. The number of amides is 1. The zero-order chi connectivity index (χ0) is 16.1. The van der Waals surface area contributed by atoms with Crippen LogP contribution in [0.1, 0.15) is 11.1 Å². The molecule has 0 aliphatic heterocycles. The van der Waals surface area contributed by atoms with Crippen molar-refractivity contribution < 1.29 is 4.79 Å². The van der Waals surface area contributed by atoms with Gasteiger partial charge in [0, 0.05) is 27.8 Å². The Morgan fingerprint density at radius 3 is 2.27 bits per heavy atom. The summed E-state index contributed by atoms with van der Waals surface area (Å²) in [5.74, 6) is -0.0745. The van der Waals surface area contributed by atoms with E-state index >= 15 is 0 Å². The molecule has 2 aromatic carbocycles. The van der Waals surface area contributed by atoms with E-state index in [1.54, 1.807) is 18.2 Å². The van der Waals surface area contributed by atoms with Crippen molar-refractivity contribution in [3.63, 3.8) is 0 Å². The molecule has 2 aromatic rings. The average Bonchev–Trinajstić information content (AvgIpc) is 2.45. The van der Waals surface area contributed by atoms with E-state index in [2.05, 4.69) is 5.32 Å². The molecule has 3 nitrogen and oxygen atoms in total. The van der Waals surface area contributed by atoms with Crippen molar-refractivity contribution >= 4 is 34.8 Å². The van der Waals surface area contributed by atoms with E-state index in [1.807, 2.05) is 43.1 Å². The molecule has 0 spiro atoms. The van der Waals surface area contributed by atoms with Crippen LogP contribution in [-0.2, 0) is 11.3 Å². The van der Waals surface area contributed by atoms with E-state index in [4.69, 9.17) is 23.2 Å². The second-order valence-corrected chi connectivity index (χ2v) is 6.10. The molecule has 0 radical (unpaired) electrons. The zero-order valence-electron chi connectivity index (χ0n) is 12.6. The normalized spacial score (nSPS) is 10.8. The molecule has 2 rings (SSSR count). The topological polar surface area (TPSA) is 32.3 Å².